The fraction of sp³-hybridized carbons (Fsp3) is 0.267. The van der Waals surface area contributed by atoms with Crippen molar-refractivity contribution >= 4 is 11.8 Å². The van der Waals surface area contributed by atoms with Gasteiger partial charge in [-0.25, -0.2) is 9.78 Å². The number of carboxylic acid groups (broad SMARTS) is 1. The average Bonchev–Trinajstić information content (AvgIpc) is 2.84. The third kappa shape index (κ3) is 2.11. The monoisotopic (exact) mass is 269 g/mol. The second kappa shape index (κ2) is 4.59. The molecule has 20 heavy (non-hydrogen) atoms. The van der Waals surface area contributed by atoms with Crippen molar-refractivity contribution in [3.63, 3.8) is 0 Å². The molecule has 0 radical (unpaired) electrons. The van der Waals surface area contributed by atoms with E-state index in [1.54, 1.807) is 18.3 Å². The molecule has 5 nitrogen and oxygen atoms in total. The number of aromatic nitrogens is 2. The second-order valence-electron chi connectivity index (χ2n) is 5.04. The SMILES string of the molecule is Cc1ncc(N2Cc3ccc(C(=O)O)cc3C2)nc1C. The predicted octanol–water partition coefficient (Wildman–Crippen LogP) is 2.31. The Balaban J connectivity index is 1.89. The lowest BCUT2D eigenvalue weighted by Crippen LogP contribution is -2.17. The van der Waals surface area contributed by atoms with E-state index < -0.39 is 5.97 Å². The van der Waals surface area contributed by atoms with Crippen LogP contribution in [0.5, 0.6) is 0 Å². The molecule has 3 rings (SSSR count). The van der Waals surface area contributed by atoms with Gasteiger partial charge in [-0.15, -0.1) is 0 Å². The van der Waals surface area contributed by atoms with Crippen LogP contribution in [0.25, 0.3) is 0 Å². The van der Waals surface area contributed by atoms with Gasteiger partial charge in [0.2, 0.25) is 0 Å². The molecule has 1 aromatic heterocycles. The zero-order valence-corrected chi connectivity index (χ0v) is 11.4. The van der Waals surface area contributed by atoms with Gasteiger partial charge in [-0.05, 0) is 37.1 Å². The number of nitrogens with zero attached hydrogens (tertiary/aromatic N) is 3. The second-order valence-corrected chi connectivity index (χ2v) is 5.04. The molecule has 0 fully saturated rings. The van der Waals surface area contributed by atoms with E-state index in [0.717, 1.165) is 34.9 Å². The third-order valence-corrected chi connectivity index (χ3v) is 3.68. The molecular formula is C15H15N3O2. The molecule has 0 aliphatic carbocycles. The van der Waals surface area contributed by atoms with Crippen LogP contribution in [0.1, 0.15) is 32.9 Å². The maximum absolute atomic E-state index is 11.0. The number of fused-ring (bicyclic) bond motifs is 1. The van der Waals surface area contributed by atoms with E-state index in [1.165, 1.54) is 0 Å². The largest absolute Gasteiger partial charge is 0.478 e. The topological polar surface area (TPSA) is 66.3 Å². The Hall–Kier alpha value is -2.43. The van der Waals surface area contributed by atoms with Gasteiger partial charge in [0.25, 0.3) is 0 Å². The van der Waals surface area contributed by atoms with E-state index in [1.807, 2.05) is 19.9 Å². The first-order valence-corrected chi connectivity index (χ1v) is 6.45. The number of rotatable bonds is 2. The maximum Gasteiger partial charge on any atom is 0.335 e. The Morgan fingerprint density at radius 2 is 1.95 bits per heavy atom. The smallest absolute Gasteiger partial charge is 0.335 e. The van der Waals surface area contributed by atoms with Gasteiger partial charge in [0.1, 0.15) is 5.82 Å². The van der Waals surface area contributed by atoms with Crippen molar-refractivity contribution in [2.45, 2.75) is 26.9 Å². The fourth-order valence-corrected chi connectivity index (χ4v) is 2.37. The fourth-order valence-electron chi connectivity index (χ4n) is 2.37. The number of hydrogen-bond acceptors (Lipinski definition) is 4. The van der Waals surface area contributed by atoms with E-state index in [-0.39, 0.29) is 0 Å². The van der Waals surface area contributed by atoms with Crippen LogP contribution in [-0.2, 0) is 13.1 Å². The molecule has 0 saturated carbocycles. The van der Waals surface area contributed by atoms with Crippen molar-refractivity contribution in [2.24, 2.45) is 0 Å². The predicted molar refractivity (Wildman–Crippen MR) is 74.8 cm³/mol. The zero-order chi connectivity index (χ0) is 14.3. The summed E-state index contributed by atoms with van der Waals surface area (Å²) in [5.41, 5.74) is 4.38. The van der Waals surface area contributed by atoms with Crippen LogP contribution in [0.3, 0.4) is 0 Å². The molecule has 0 spiro atoms. The van der Waals surface area contributed by atoms with Gasteiger partial charge < -0.3 is 10.0 Å². The van der Waals surface area contributed by atoms with Crippen LogP contribution >= 0.6 is 0 Å². The van der Waals surface area contributed by atoms with Gasteiger partial charge in [0.15, 0.2) is 0 Å². The highest BCUT2D eigenvalue weighted by Gasteiger charge is 2.21. The highest BCUT2D eigenvalue weighted by atomic mass is 16.4. The van der Waals surface area contributed by atoms with E-state index in [4.69, 9.17) is 5.11 Å². The number of carboxylic acids is 1. The van der Waals surface area contributed by atoms with E-state index in [0.29, 0.717) is 12.1 Å². The first kappa shape index (κ1) is 12.6. The Morgan fingerprint density at radius 3 is 2.65 bits per heavy atom. The summed E-state index contributed by atoms with van der Waals surface area (Å²) in [6.07, 6.45) is 1.77. The van der Waals surface area contributed by atoms with Gasteiger partial charge in [0, 0.05) is 13.1 Å². The minimum atomic E-state index is -0.891. The van der Waals surface area contributed by atoms with Crippen LogP contribution in [0.15, 0.2) is 24.4 Å². The Bertz CT molecular complexity index is 698. The summed E-state index contributed by atoms with van der Waals surface area (Å²) >= 11 is 0. The lowest BCUT2D eigenvalue weighted by molar-refractivity contribution is 0.0697. The molecule has 2 heterocycles. The van der Waals surface area contributed by atoms with Crippen molar-refractivity contribution in [1.82, 2.24) is 9.97 Å². The number of carbonyl (C=O) groups is 1. The maximum atomic E-state index is 11.0. The molecule has 1 aliphatic heterocycles. The Morgan fingerprint density at radius 1 is 1.20 bits per heavy atom. The summed E-state index contributed by atoms with van der Waals surface area (Å²) in [4.78, 5) is 22.0. The molecule has 0 unspecified atom stereocenters. The van der Waals surface area contributed by atoms with Crippen molar-refractivity contribution in [3.8, 4) is 0 Å². The molecule has 102 valence electrons. The van der Waals surface area contributed by atoms with Gasteiger partial charge in [-0.3, -0.25) is 4.98 Å². The zero-order valence-electron chi connectivity index (χ0n) is 11.4. The van der Waals surface area contributed by atoms with Crippen LogP contribution in [0.4, 0.5) is 5.82 Å². The Kier molecular flexibility index (Phi) is 2.89. The van der Waals surface area contributed by atoms with Crippen LogP contribution in [-0.4, -0.2) is 21.0 Å². The normalized spacial score (nSPS) is 13.4. The van der Waals surface area contributed by atoms with Crippen molar-refractivity contribution < 1.29 is 9.90 Å². The van der Waals surface area contributed by atoms with E-state index in [9.17, 15) is 4.79 Å². The molecule has 1 aliphatic rings. The highest BCUT2D eigenvalue weighted by Crippen LogP contribution is 2.27. The van der Waals surface area contributed by atoms with Gasteiger partial charge in [-0.2, -0.15) is 0 Å². The molecular weight excluding hydrogens is 254 g/mol. The quantitative estimate of drug-likeness (QED) is 0.906. The summed E-state index contributed by atoms with van der Waals surface area (Å²) in [7, 11) is 0. The molecule has 1 aromatic carbocycles. The van der Waals surface area contributed by atoms with Crippen LogP contribution in [0.2, 0.25) is 0 Å². The molecule has 0 bridgehead atoms. The van der Waals surface area contributed by atoms with E-state index >= 15 is 0 Å². The van der Waals surface area contributed by atoms with Gasteiger partial charge in [-0.1, -0.05) is 6.07 Å². The molecule has 1 N–H and O–H groups in total. The molecule has 0 amide bonds. The number of aromatic carboxylic acids is 1. The lowest BCUT2D eigenvalue weighted by atomic mass is 10.1. The highest BCUT2D eigenvalue weighted by molar-refractivity contribution is 5.88. The van der Waals surface area contributed by atoms with E-state index in [2.05, 4.69) is 14.9 Å². The summed E-state index contributed by atoms with van der Waals surface area (Å²) in [5, 5.41) is 9.03. The average molecular weight is 269 g/mol. The summed E-state index contributed by atoms with van der Waals surface area (Å²) in [5.74, 6) is -0.0570. The summed E-state index contributed by atoms with van der Waals surface area (Å²) in [6, 6.07) is 5.27. The van der Waals surface area contributed by atoms with Crippen molar-refractivity contribution in [1.29, 1.82) is 0 Å². The first-order valence-electron chi connectivity index (χ1n) is 6.45. The molecule has 0 saturated heterocycles. The third-order valence-electron chi connectivity index (χ3n) is 3.68. The molecule has 2 aromatic rings. The minimum Gasteiger partial charge on any atom is -0.478 e. The van der Waals surface area contributed by atoms with Crippen molar-refractivity contribution in [3.05, 3.63) is 52.5 Å². The number of anilines is 1. The Labute approximate surface area is 116 Å². The summed E-state index contributed by atoms with van der Waals surface area (Å²) in [6.45, 7) is 5.29. The number of aryl methyl sites for hydroxylation is 2. The van der Waals surface area contributed by atoms with Crippen LogP contribution in [0, 0.1) is 13.8 Å². The standard InChI is InChI=1S/C15H15N3O2/c1-9-10(2)17-14(6-16-9)18-7-12-4-3-11(15(19)20)5-13(12)8-18/h3-6H,7-8H2,1-2H3,(H,19,20). The minimum absolute atomic E-state index is 0.330. The lowest BCUT2D eigenvalue weighted by Gasteiger charge is -2.16. The molecule has 5 heteroatoms. The van der Waals surface area contributed by atoms with Crippen LogP contribution < -0.4 is 4.90 Å². The van der Waals surface area contributed by atoms with Crippen molar-refractivity contribution in [2.75, 3.05) is 4.90 Å². The number of benzene rings is 1. The first-order chi connectivity index (χ1) is 9.54. The number of hydrogen-bond donors (Lipinski definition) is 1. The van der Waals surface area contributed by atoms with Gasteiger partial charge in [0.05, 0.1) is 23.1 Å². The summed E-state index contributed by atoms with van der Waals surface area (Å²) < 4.78 is 0. The molecule has 0 atom stereocenters. The van der Waals surface area contributed by atoms with Gasteiger partial charge >= 0.3 is 5.97 Å².